The van der Waals surface area contributed by atoms with Crippen LogP contribution in [0.5, 0.6) is 0 Å². The minimum absolute atomic E-state index is 0.000936. The van der Waals surface area contributed by atoms with Gasteiger partial charge in [-0.15, -0.1) is 0 Å². The molecular weight excluding hydrogens is 865 g/mol. The summed E-state index contributed by atoms with van der Waals surface area (Å²) in [6.45, 7) is 6.05. The third-order valence-corrected chi connectivity index (χ3v) is 13.0. The molecule has 0 aromatic heterocycles. The van der Waals surface area contributed by atoms with E-state index in [2.05, 4.69) is 27.7 Å². The number of unbranched alkanes of at least 4 members (excludes halogenated alkanes) is 24. The molecule has 0 aromatic carbocycles. The molecule has 2 fully saturated rings. The molecule has 2 saturated heterocycles. The minimum atomic E-state index is -2.39. The van der Waals surface area contributed by atoms with E-state index in [0.717, 1.165) is 154 Å². The lowest BCUT2D eigenvalue weighted by Crippen LogP contribution is -2.65. The van der Waals surface area contributed by atoms with Crippen molar-refractivity contribution in [3.63, 3.8) is 0 Å². The van der Waals surface area contributed by atoms with E-state index in [1.807, 2.05) is 0 Å². The average molecular weight is 959 g/mol. The van der Waals surface area contributed by atoms with Crippen molar-refractivity contribution in [2.24, 2.45) is 0 Å². The maximum atomic E-state index is 13.6. The van der Waals surface area contributed by atoms with Crippen LogP contribution >= 0.6 is 0 Å². The van der Waals surface area contributed by atoms with Crippen LogP contribution in [0, 0.1) is 0 Å². The van der Waals surface area contributed by atoms with E-state index in [0.29, 0.717) is 25.7 Å². The molecule has 2 rings (SSSR count). The first-order chi connectivity index (χ1) is 32.5. The van der Waals surface area contributed by atoms with E-state index in [9.17, 15) is 39.6 Å². The van der Waals surface area contributed by atoms with Gasteiger partial charge in [0, 0.05) is 25.7 Å². The van der Waals surface area contributed by atoms with Gasteiger partial charge in [-0.2, -0.15) is 0 Å². The highest BCUT2D eigenvalue weighted by Crippen LogP contribution is 2.41. The molecule has 15 nitrogen and oxygen atoms in total. The second-order valence-electron chi connectivity index (χ2n) is 18.9. The third kappa shape index (κ3) is 23.8. The number of carbonyl (C=O) groups excluding carboxylic acids is 4. The summed E-state index contributed by atoms with van der Waals surface area (Å²) in [7, 11) is 0. The summed E-state index contributed by atoms with van der Waals surface area (Å²) in [5.41, 5.74) is 0. The van der Waals surface area contributed by atoms with Crippen LogP contribution in [-0.4, -0.2) is 119 Å². The van der Waals surface area contributed by atoms with E-state index >= 15 is 0 Å². The zero-order valence-electron chi connectivity index (χ0n) is 42.1. The quantitative estimate of drug-likeness (QED) is 0.0255. The molecule has 0 unspecified atom stereocenters. The van der Waals surface area contributed by atoms with Crippen LogP contribution in [0.1, 0.15) is 233 Å². The molecular formula is C52H94O15. The maximum absolute atomic E-state index is 13.6. The summed E-state index contributed by atoms with van der Waals surface area (Å²) in [6.07, 6.45) is 14.3. The number of ether oxygens (including phenoxy) is 7. The first kappa shape index (κ1) is 60.7. The molecule has 0 bridgehead atoms. The van der Waals surface area contributed by atoms with Gasteiger partial charge in [0.1, 0.15) is 24.9 Å². The molecule has 2 heterocycles. The van der Waals surface area contributed by atoms with Crippen LogP contribution in [0.2, 0.25) is 0 Å². The first-order valence-corrected chi connectivity index (χ1v) is 26.8. The number of hydrogen-bond donors (Lipinski definition) is 4. The molecule has 0 spiro atoms. The average Bonchev–Trinajstić information content (AvgIpc) is 3.60. The fraction of sp³-hybridized carbons (Fsp3) is 0.923. The molecule has 15 heteroatoms. The Hall–Kier alpha value is -2.40. The van der Waals surface area contributed by atoms with Crippen LogP contribution in [0.4, 0.5) is 0 Å². The number of carbonyl (C=O) groups is 4. The Kier molecular flexibility index (Phi) is 33.9. The van der Waals surface area contributed by atoms with E-state index in [1.165, 1.54) is 0 Å². The summed E-state index contributed by atoms with van der Waals surface area (Å²) >= 11 is 0. The van der Waals surface area contributed by atoms with Crippen LogP contribution in [0.25, 0.3) is 0 Å². The topological polar surface area (TPSA) is 214 Å². The van der Waals surface area contributed by atoms with E-state index in [4.69, 9.17) is 33.2 Å². The van der Waals surface area contributed by atoms with Gasteiger partial charge in [0.05, 0.1) is 13.2 Å². The molecule has 67 heavy (non-hydrogen) atoms. The van der Waals surface area contributed by atoms with Crippen LogP contribution in [0.3, 0.4) is 0 Å². The highest BCUT2D eigenvalue weighted by molar-refractivity contribution is 5.71. The van der Waals surface area contributed by atoms with Gasteiger partial charge >= 0.3 is 23.9 Å². The number of aliphatic hydroxyl groups excluding tert-OH is 4. The third-order valence-electron chi connectivity index (χ3n) is 13.0. The van der Waals surface area contributed by atoms with Gasteiger partial charge in [-0.05, 0) is 25.7 Å². The zero-order chi connectivity index (χ0) is 49.1. The maximum Gasteiger partial charge on any atom is 0.306 e. The van der Waals surface area contributed by atoms with Crippen molar-refractivity contribution in [1.82, 2.24) is 0 Å². The SMILES string of the molecule is CCCCCCCCCC(=O)O[C@@H]1[C@@H](CO)O[C@@](CO)(O[C@H]2O[C@H](CO)[C@@H](O)[C@H](OC(=O)CCCCCCCCC)[C@H]2OC(=O)CCCCCCCCC)[C@H]1OC(=O)CCCCCCCCC. The van der Waals surface area contributed by atoms with Crippen LogP contribution in [-0.2, 0) is 52.3 Å². The van der Waals surface area contributed by atoms with E-state index < -0.39 is 98.5 Å². The van der Waals surface area contributed by atoms with Crippen molar-refractivity contribution in [2.75, 3.05) is 19.8 Å². The van der Waals surface area contributed by atoms with Gasteiger partial charge in [0.2, 0.25) is 12.1 Å². The molecule has 0 aliphatic carbocycles. The monoisotopic (exact) mass is 959 g/mol. The lowest BCUT2D eigenvalue weighted by molar-refractivity contribution is -0.384. The van der Waals surface area contributed by atoms with Gasteiger partial charge in [0.15, 0.2) is 24.4 Å². The normalized spacial score (nSPS) is 25.0. The Labute approximate surface area is 403 Å². The van der Waals surface area contributed by atoms with Crippen molar-refractivity contribution in [3.05, 3.63) is 0 Å². The lowest BCUT2D eigenvalue weighted by atomic mass is 9.97. The largest absolute Gasteiger partial charge is 0.455 e. The van der Waals surface area contributed by atoms with Crippen molar-refractivity contribution < 1.29 is 72.8 Å². The Morgan fingerprint density at radius 2 is 0.761 bits per heavy atom. The summed E-state index contributed by atoms with van der Waals surface area (Å²) in [4.78, 5) is 54.1. The molecule has 2 aliphatic heterocycles. The van der Waals surface area contributed by atoms with Crippen molar-refractivity contribution in [2.45, 2.75) is 288 Å². The summed E-state index contributed by atoms with van der Waals surface area (Å²) < 4.78 is 42.5. The molecule has 0 aromatic rings. The Bertz CT molecular complexity index is 1300. The van der Waals surface area contributed by atoms with Gasteiger partial charge < -0.3 is 53.6 Å². The van der Waals surface area contributed by atoms with E-state index in [-0.39, 0.29) is 25.7 Å². The van der Waals surface area contributed by atoms with Gasteiger partial charge in [-0.3, -0.25) is 19.2 Å². The number of hydrogen-bond acceptors (Lipinski definition) is 15. The minimum Gasteiger partial charge on any atom is -0.455 e. The fourth-order valence-corrected chi connectivity index (χ4v) is 8.86. The molecule has 392 valence electrons. The van der Waals surface area contributed by atoms with Crippen molar-refractivity contribution in [3.8, 4) is 0 Å². The first-order valence-electron chi connectivity index (χ1n) is 26.8. The predicted molar refractivity (Wildman–Crippen MR) is 255 cm³/mol. The Morgan fingerprint density at radius 3 is 1.12 bits per heavy atom. The molecule has 0 amide bonds. The van der Waals surface area contributed by atoms with Gasteiger partial charge in [0.25, 0.3) is 0 Å². The van der Waals surface area contributed by atoms with Crippen molar-refractivity contribution >= 4 is 23.9 Å². The van der Waals surface area contributed by atoms with Gasteiger partial charge in [-0.1, -0.05) is 182 Å². The zero-order valence-corrected chi connectivity index (χ0v) is 42.1. The highest BCUT2D eigenvalue weighted by Gasteiger charge is 2.63. The smallest absolute Gasteiger partial charge is 0.306 e. The second-order valence-corrected chi connectivity index (χ2v) is 18.9. The number of esters is 4. The summed E-state index contributed by atoms with van der Waals surface area (Å²) in [6, 6.07) is 0. The summed E-state index contributed by atoms with van der Waals surface area (Å²) in [5.74, 6) is -5.05. The Balaban J connectivity index is 2.45. The lowest BCUT2D eigenvalue weighted by Gasteiger charge is -2.45. The fourth-order valence-electron chi connectivity index (χ4n) is 8.86. The van der Waals surface area contributed by atoms with Gasteiger partial charge in [-0.25, -0.2) is 0 Å². The molecule has 0 saturated carbocycles. The van der Waals surface area contributed by atoms with Crippen LogP contribution < -0.4 is 0 Å². The van der Waals surface area contributed by atoms with Crippen LogP contribution in [0.15, 0.2) is 0 Å². The second kappa shape index (κ2) is 37.4. The highest BCUT2D eigenvalue weighted by atomic mass is 16.8. The molecule has 9 atom stereocenters. The summed E-state index contributed by atoms with van der Waals surface area (Å²) in [5, 5.41) is 43.8. The van der Waals surface area contributed by atoms with Crippen molar-refractivity contribution in [1.29, 1.82) is 0 Å². The number of rotatable bonds is 41. The molecule has 0 radical (unpaired) electrons. The number of aliphatic hydroxyl groups is 4. The molecule has 2 aliphatic rings. The molecule has 4 N–H and O–H groups in total. The predicted octanol–water partition coefficient (Wildman–Crippen LogP) is 9.37. The van der Waals surface area contributed by atoms with E-state index in [1.54, 1.807) is 0 Å². The Morgan fingerprint density at radius 1 is 0.433 bits per heavy atom. The standard InChI is InChI=1S/C52H94O15/c1-5-9-13-17-21-25-29-33-42(56)62-47-41(38-54)66-52(39-55,50(47)65-45(59)36-32-28-24-20-16-12-8-4)67-51-49(64-44(58)35-31-27-23-19-15-11-7-3)48(46(60)40(37-53)61-51)63-43(57)34-30-26-22-18-14-10-6-2/h40-41,46-51,53-55,60H,5-39H2,1-4H3/t40-,41-,46-,47-,48+,49-,50+,51-,52+/m1/s1.